The molecule has 28 heavy (non-hydrogen) atoms. The smallest absolute Gasteiger partial charge is 0.303 e. The molecule has 2 aromatic carbocycles. The molecule has 0 aliphatic carbocycles. The van der Waals surface area contributed by atoms with E-state index in [9.17, 15) is 4.79 Å². The average Bonchev–Trinajstić information content (AvgIpc) is 2.87. The number of carboxylic acid groups (broad SMARTS) is 1. The number of rotatable bonds is 7. The molecule has 0 unspecified atom stereocenters. The average molecular weight is 444 g/mol. The van der Waals surface area contributed by atoms with Gasteiger partial charge in [0.15, 0.2) is 5.75 Å². The van der Waals surface area contributed by atoms with Crippen molar-refractivity contribution in [2.75, 3.05) is 0 Å². The van der Waals surface area contributed by atoms with Gasteiger partial charge in [-0.2, -0.15) is 0 Å². The van der Waals surface area contributed by atoms with Crippen LogP contribution in [-0.2, 0) is 24.2 Å². The highest BCUT2D eigenvalue weighted by molar-refractivity contribution is 6.37. The Labute approximate surface area is 179 Å². The van der Waals surface area contributed by atoms with Crippen LogP contribution in [0.25, 0.3) is 0 Å². The lowest BCUT2D eigenvalue weighted by Gasteiger charge is -2.19. The molecule has 1 aliphatic rings. The number of benzene rings is 2. The summed E-state index contributed by atoms with van der Waals surface area (Å²) in [7, 11) is 0. The standard InChI is InChI=1S/C21H21Cl3O4/c1-21(2)10-13-8-15(22)9-14(19(13)28-21)11-27-20-16(23)6-12(7-17(20)24)4-3-5-18(25)26/h6-9H,3-5,10-11H2,1-2H3,(H,25,26). The summed E-state index contributed by atoms with van der Waals surface area (Å²) in [5.74, 6) is 0.361. The van der Waals surface area contributed by atoms with E-state index in [1.54, 1.807) is 12.1 Å². The highest BCUT2D eigenvalue weighted by Crippen LogP contribution is 2.41. The summed E-state index contributed by atoms with van der Waals surface area (Å²) in [6, 6.07) is 7.25. The lowest BCUT2D eigenvalue weighted by atomic mass is 10.0. The quantitative estimate of drug-likeness (QED) is 0.542. The van der Waals surface area contributed by atoms with Crippen molar-refractivity contribution in [3.63, 3.8) is 0 Å². The van der Waals surface area contributed by atoms with Crippen LogP contribution >= 0.6 is 34.8 Å². The minimum atomic E-state index is -0.823. The van der Waals surface area contributed by atoms with Crippen molar-refractivity contribution < 1.29 is 19.4 Å². The molecule has 0 fully saturated rings. The lowest BCUT2D eigenvalue weighted by molar-refractivity contribution is -0.137. The van der Waals surface area contributed by atoms with E-state index in [1.165, 1.54) is 0 Å². The fourth-order valence-electron chi connectivity index (χ4n) is 3.34. The van der Waals surface area contributed by atoms with E-state index in [2.05, 4.69) is 0 Å². The van der Waals surface area contributed by atoms with E-state index < -0.39 is 5.97 Å². The number of carboxylic acids is 1. The Hall–Kier alpha value is -1.62. The molecular weight excluding hydrogens is 423 g/mol. The van der Waals surface area contributed by atoms with Crippen LogP contribution in [0.5, 0.6) is 11.5 Å². The predicted octanol–water partition coefficient (Wildman–Crippen LogP) is 6.35. The van der Waals surface area contributed by atoms with Gasteiger partial charge in [0.1, 0.15) is 18.0 Å². The number of aryl methyl sites for hydroxylation is 1. The van der Waals surface area contributed by atoms with Gasteiger partial charge >= 0.3 is 5.97 Å². The third kappa shape index (κ3) is 5.05. The zero-order chi connectivity index (χ0) is 20.5. The largest absolute Gasteiger partial charge is 0.487 e. The molecule has 0 atom stereocenters. The number of fused-ring (bicyclic) bond motifs is 1. The second-order valence-electron chi connectivity index (χ2n) is 7.52. The molecule has 0 saturated heterocycles. The number of ether oxygens (including phenoxy) is 2. The molecule has 0 bridgehead atoms. The summed E-state index contributed by atoms with van der Waals surface area (Å²) in [6.45, 7) is 4.28. The SMILES string of the molecule is CC1(C)Cc2cc(Cl)cc(COc3c(Cl)cc(CCCC(=O)O)cc3Cl)c2O1. The molecule has 3 rings (SSSR count). The fourth-order valence-corrected chi connectivity index (χ4v) is 4.25. The van der Waals surface area contributed by atoms with Gasteiger partial charge in [-0.1, -0.05) is 34.8 Å². The molecule has 0 radical (unpaired) electrons. The van der Waals surface area contributed by atoms with Crippen molar-refractivity contribution >= 4 is 40.8 Å². The molecule has 0 saturated carbocycles. The van der Waals surface area contributed by atoms with Gasteiger partial charge in [-0.3, -0.25) is 4.79 Å². The van der Waals surface area contributed by atoms with Gasteiger partial charge < -0.3 is 14.6 Å². The van der Waals surface area contributed by atoms with Gasteiger partial charge in [0.25, 0.3) is 0 Å². The topological polar surface area (TPSA) is 55.8 Å². The monoisotopic (exact) mass is 442 g/mol. The van der Waals surface area contributed by atoms with Gasteiger partial charge in [0.2, 0.25) is 0 Å². The second kappa shape index (κ2) is 8.40. The van der Waals surface area contributed by atoms with Gasteiger partial charge in [-0.05, 0) is 62.1 Å². The van der Waals surface area contributed by atoms with Crippen molar-refractivity contribution in [1.29, 1.82) is 0 Å². The summed E-state index contributed by atoms with van der Waals surface area (Å²) in [4.78, 5) is 10.7. The second-order valence-corrected chi connectivity index (χ2v) is 8.77. The number of halogens is 3. The first-order valence-corrected chi connectivity index (χ1v) is 10.1. The van der Waals surface area contributed by atoms with Crippen LogP contribution in [0.15, 0.2) is 24.3 Å². The van der Waals surface area contributed by atoms with Crippen molar-refractivity contribution in [2.24, 2.45) is 0 Å². The summed E-state index contributed by atoms with van der Waals surface area (Å²) in [6.07, 6.45) is 1.98. The van der Waals surface area contributed by atoms with Crippen molar-refractivity contribution in [3.05, 3.63) is 56.0 Å². The first-order chi connectivity index (χ1) is 13.1. The third-order valence-corrected chi connectivity index (χ3v) is 5.27. The highest BCUT2D eigenvalue weighted by Gasteiger charge is 2.32. The van der Waals surface area contributed by atoms with Crippen molar-refractivity contribution in [1.82, 2.24) is 0 Å². The summed E-state index contributed by atoms with van der Waals surface area (Å²) >= 11 is 19.0. The zero-order valence-corrected chi connectivity index (χ0v) is 17.9. The maximum Gasteiger partial charge on any atom is 0.303 e. The Bertz CT molecular complexity index is 886. The zero-order valence-electron chi connectivity index (χ0n) is 15.7. The van der Waals surface area contributed by atoms with Crippen molar-refractivity contribution in [3.8, 4) is 11.5 Å². The first-order valence-electron chi connectivity index (χ1n) is 8.97. The Morgan fingerprint density at radius 1 is 1.18 bits per heavy atom. The van der Waals surface area contributed by atoms with Gasteiger partial charge in [-0.15, -0.1) is 0 Å². The minimum Gasteiger partial charge on any atom is -0.487 e. The van der Waals surface area contributed by atoms with Gasteiger partial charge in [0, 0.05) is 23.4 Å². The van der Waals surface area contributed by atoms with E-state index in [1.807, 2.05) is 26.0 Å². The van der Waals surface area contributed by atoms with E-state index >= 15 is 0 Å². The third-order valence-electron chi connectivity index (χ3n) is 4.49. The fraction of sp³-hybridized carbons (Fsp3) is 0.381. The number of carbonyl (C=O) groups is 1. The van der Waals surface area contributed by atoms with Gasteiger partial charge in [0.05, 0.1) is 10.0 Å². The maximum atomic E-state index is 10.7. The van der Waals surface area contributed by atoms with Crippen molar-refractivity contribution in [2.45, 2.75) is 51.7 Å². The predicted molar refractivity (Wildman–Crippen MR) is 111 cm³/mol. The first kappa shape index (κ1) is 21.1. The lowest BCUT2D eigenvalue weighted by Crippen LogP contribution is -2.25. The van der Waals surface area contributed by atoms with Crippen LogP contribution in [0.3, 0.4) is 0 Å². The summed E-state index contributed by atoms with van der Waals surface area (Å²) < 4.78 is 12.0. The van der Waals surface area contributed by atoms with E-state index in [4.69, 9.17) is 49.4 Å². The summed E-state index contributed by atoms with van der Waals surface area (Å²) in [5, 5.41) is 10.2. The Morgan fingerprint density at radius 3 is 2.50 bits per heavy atom. The molecule has 1 aliphatic heterocycles. The molecule has 150 valence electrons. The maximum absolute atomic E-state index is 10.7. The molecule has 4 nitrogen and oxygen atoms in total. The van der Waals surface area contributed by atoms with Gasteiger partial charge in [-0.25, -0.2) is 0 Å². The van der Waals surface area contributed by atoms with Crippen LogP contribution in [0.2, 0.25) is 15.1 Å². The Kier molecular flexibility index (Phi) is 6.33. The molecular formula is C21H21Cl3O4. The molecule has 1 N–H and O–H groups in total. The number of aliphatic carboxylic acids is 1. The van der Waals surface area contributed by atoms with Crippen LogP contribution in [0.1, 0.15) is 43.4 Å². The van der Waals surface area contributed by atoms with Crippen LogP contribution in [0, 0.1) is 0 Å². The van der Waals surface area contributed by atoms with E-state index in [0.717, 1.165) is 28.9 Å². The highest BCUT2D eigenvalue weighted by atomic mass is 35.5. The molecule has 1 heterocycles. The Morgan fingerprint density at radius 2 is 1.86 bits per heavy atom. The number of hydrogen-bond acceptors (Lipinski definition) is 3. The minimum absolute atomic E-state index is 0.101. The molecule has 0 amide bonds. The molecule has 0 aromatic heterocycles. The van der Waals surface area contributed by atoms with Crippen LogP contribution < -0.4 is 9.47 Å². The normalized spacial score (nSPS) is 14.5. The van der Waals surface area contributed by atoms with Crippen LogP contribution in [0.4, 0.5) is 0 Å². The van der Waals surface area contributed by atoms with Crippen LogP contribution in [-0.4, -0.2) is 16.7 Å². The Balaban J connectivity index is 1.75. The molecule has 2 aromatic rings. The molecule has 7 heteroatoms. The van der Waals surface area contributed by atoms with E-state index in [0.29, 0.717) is 33.7 Å². The number of hydrogen-bond donors (Lipinski definition) is 1. The molecule has 0 spiro atoms. The van der Waals surface area contributed by atoms with E-state index in [-0.39, 0.29) is 18.6 Å². The summed E-state index contributed by atoms with van der Waals surface area (Å²) in [5.41, 5.74) is 2.49.